The molecule has 0 spiro atoms. The van der Waals surface area contributed by atoms with Crippen LogP contribution < -0.4 is 10.6 Å². The highest BCUT2D eigenvalue weighted by atomic mass is 16.5. The highest BCUT2D eigenvalue weighted by molar-refractivity contribution is 5.74. The molecular weight excluding hydrogens is 346 g/mol. The fourth-order valence-corrected chi connectivity index (χ4v) is 3.80. The molecule has 0 aromatic heterocycles. The summed E-state index contributed by atoms with van der Waals surface area (Å²) >= 11 is 0. The van der Waals surface area contributed by atoms with E-state index in [1.165, 1.54) is 11.1 Å². The third-order valence-corrected chi connectivity index (χ3v) is 4.91. The van der Waals surface area contributed by atoms with E-state index in [4.69, 9.17) is 4.74 Å². The molecule has 4 heteroatoms. The van der Waals surface area contributed by atoms with Gasteiger partial charge in [-0.15, -0.1) is 0 Å². The van der Waals surface area contributed by atoms with Crippen molar-refractivity contribution in [3.05, 3.63) is 71.8 Å². The van der Waals surface area contributed by atoms with Crippen molar-refractivity contribution < 1.29 is 4.74 Å². The second-order valence-electron chi connectivity index (χ2n) is 8.12. The second-order valence-corrected chi connectivity index (χ2v) is 8.12. The Labute approximate surface area is 169 Å². The fourth-order valence-electron chi connectivity index (χ4n) is 3.80. The van der Waals surface area contributed by atoms with Crippen LogP contribution in [0.25, 0.3) is 0 Å². The van der Waals surface area contributed by atoms with Gasteiger partial charge in [-0.05, 0) is 38.8 Å². The molecule has 1 heterocycles. The van der Waals surface area contributed by atoms with Gasteiger partial charge in [0, 0.05) is 37.0 Å². The third kappa shape index (κ3) is 5.59. The Morgan fingerprint density at radius 1 is 0.964 bits per heavy atom. The fraction of sp³-hybridized carbons (Fsp3) is 0.458. The summed E-state index contributed by atoms with van der Waals surface area (Å²) in [6, 6.07) is 23.0. The second kappa shape index (κ2) is 9.74. The number of ether oxygens (including phenoxy) is 1. The molecule has 0 bridgehead atoms. The van der Waals surface area contributed by atoms with Crippen molar-refractivity contribution in [3.63, 3.8) is 0 Å². The Kier molecular flexibility index (Phi) is 7.10. The zero-order valence-corrected chi connectivity index (χ0v) is 17.4. The number of hydrogen-bond acceptors (Lipinski definition) is 3. The van der Waals surface area contributed by atoms with Gasteiger partial charge in [-0.25, -0.2) is 4.99 Å². The lowest BCUT2D eigenvalue weighted by Gasteiger charge is -2.25. The molecule has 0 aliphatic carbocycles. The van der Waals surface area contributed by atoms with Gasteiger partial charge in [0.15, 0.2) is 0 Å². The standard InChI is InChI=1S/C24H33N3O/c1-17(2)26-24(27-18(3)4)28-21-15-22(25-16-21)23(19-11-7-5-8-12-19)20-13-9-6-10-14-20/h5-14,17-18,21-23,25H,15-16H2,1-4H3,(H,26,27)/t21-,22+/m0/s1. The van der Waals surface area contributed by atoms with Crippen LogP contribution in [-0.2, 0) is 4.74 Å². The molecule has 2 aromatic rings. The summed E-state index contributed by atoms with van der Waals surface area (Å²) < 4.78 is 6.26. The minimum atomic E-state index is 0.115. The number of hydrogen-bond donors (Lipinski definition) is 2. The van der Waals surface area contributed by atoms with Gasteiger partial charge in [-0.2, -0.15) is 0 Å². The van der Waals surface area contributed by atoms with E-state index in [0.29, 0.717) is 24.0 Å². The van der Waals surface area contributed by atoms with E-state index in [1.807, 2.05) is 0 Å². The molecule has 1 aliphatic heterocycles. The molecule has 2 aromatic carbocycles. The summed E-state index contributed by atoms with van der Waals surface area (Å²) in [5.41, 5.74) is 2.67. The highest BCUT2D eigenvalue weighted by Gasteiger charge is 2.34. The van der Waals surface area contributed by atoms with Crippen molar-refractivity contribution in [2.45, 2.75) is 64.3 Å². The molecule has 0 amide bonds. The Hall–Kier alpha value is -2.33. The first kappa shape index (κ1) is 20.4. The van der Waals surface area contributed by atoms with Crippen LogP contribution in [-0.4, -0.2) is 36.8 Å². The summed E-state index contributed by atoms with van der Waals surface area (Å²) in [7, 11) is 0. The zero-order chi connectivity index (χ0) is 19.9. The lowest BCUT2D eigenvalue weighted by molar-refractivity contribution is 0.191. The minimum Gasteiger partial charge on any atom is -0.461 e. The predicted octanol–water partition coefficient (Wildman–Crippen LogP) is 4.33. The number of benzene rings is 2. The average molecular weight is 380 g/mol. The van der Waals surface area contributed by atoms with Crippen LogP contribution in [0.2, 0.25) is 0 Å². The molecule has 2 N–H and O–H groups in total. The van der Waals surface area contributed by atoms with E-state index in [1.54, 1.807) is 0 Å². The maximum atomic E-state index is 6.26. The minimum absolute atomic E-state index is 0.115. The van der Waals surface area contributed by atoms with E-state index in [-0.39, 0.29) is 12.1 Å². The Morgan fingerprint density at radius 2 is 1.54 bits per heavy atom. The van der Waals surface area contributed by atoms with E-state index in [9.17, 15) is 0 Å². The Bertz CT molecular complexity index is 703. The number of nitrogens with zero attached hydrogens (tertiary/aromatic N) is 1. The molecule has 28 heavy (non-hydrogen) atoms. The molecular formula is C24H33N3O. The van der Waals surface area contributed by atoms with Crippen LogP contribution in [0.3, 0.4) is 0 Å². The largest absolute Gasteiger partial charge is 0.461 e. The molecule has 0 unspecified atom stereocenters. The zero-order valence-electron chi connectivity index (χ0n) is 17.4. The molecule has 4 nitrogen and oxygen atoms in total. The Morgan fingerprint density at radius 3 is 2.04 bits per heavy atom. The van der Waals surface area contributed by atoms with Crippen LogP contribution in [0.15, 0.2) is 65.7 Å². The van der Waals surface area contributed by atoms with E-state index < -0.39 is 0 Å². The highest BCUT2D eigenvalue weighted by Crippen LogP contribution is 2.32. The molecule has 3 rings (SSSR count). The molecule has 0 radical (unpaired) electrons. The number of nitrogens with one attached hydrogen (secondary N) is 2. The van der Waals surface area contributed by atoms with Gasteiger partial charge in [0.2, 0.25) is 0 Å². The number of rotatable bonds is 6. The summed E-state index contributed by atoms with van der Waals surface area (Å²) in [5.74, 6) is 0.305. The molecule has 1 saturated heterocycles. The maximum absolute atomic E-state index is 6.26. The lowest BCUT2D eigenvalue weighted by atomic mass is 9.84. The van der Waals surface area contributed by atoms with Crippen LogP contribution in [0.1, 0.15) is 51.2 Å². The quantitative estimate of drug-likeness (QED) is 0.580. The van der Waals surface area contributed by atoms with E-state index >= 15 is 0 Å². The summed E-state index contributed by atoms with van der Waals surface area (Å²) in [5, 5.41) is 7.05. The third-order valence-electron chi connectivity index (χ3n) is 4.91. The summed E-state index contributed by atoms with van der Waals surface area (Å²) in [6.45, 7) is 9.19. The number of amidine groups is 1. The van der Waals surface area contributed by atoms with Gasteiger partial charge in [0.1, 0.15) is 6.10 Å². The maximum Gasteiger partial charge on any atom is 0.285 e. The summed E-state index contributed by atoms with van der Waals surface area (Å²) in [6.07, 6.45) is 1.06. The normalized spacial score (nSPS) is 20.2. The van der Waals surface area contributed by atoms with Gasteiger partial charge in [-0.3, -0.25) is 0 Å². The van der Waals surface area contributed by atoms with Gasteiger partial charge in [0.05, 0.1) is 0 Å². The molecule has 0 saturated carbocycles. The van der Waals surface area contributed by atoms with Crippen molar-refractivity contribution in [2.24, 2.45) is 4.99 Å². The van der Waals surface area contributed by atoms with Crippen LogP contribution in [0, 0.1) is 0 Å². The van der Waals surface area contributed by atoms with E-state index in [0.717, 1.165) is 13.0 Å². The van der Waals surface area contributed by atoms with Gasteiger partial charge in [0.25, 0.3) is 6.02 Å². The predicted molar refractivity (Wildman–Crippen MR) is 117 cm³/mol. The van der Waals surface area contributed by atoms with Gasteiger partial charge >= 0.3 is 0 Å². The van der Waals surface area contributed by atoms with Crippen molar-refractivity contribution in [1.82, 2.24) is 10.6 Å². The molecule has 2 atom stereocenters. The van der Waals surface area contributed by atoms with E-state index in [2.05, 4.69) is 104 Å². The first-order valence-electron chi connectivity index (χ1n) is 10.4. The van der Waals surface area contributed by atoms with Crippen molar-refractivity contribution >= 4 is 6.02 Å². The topological polar surface area (TPSA) is 45.7 Å². The van der Waals surface area contributed by atoms with Crippen molar-refractivity contribution in [3.8, 4) is 0 Å². The first-order chi connectivity index (χ1) is 13.5. The lowest BCUT2D eigenvalue weighted by Crippen LogP contribution is -2.36. The van der Waals surface area contributed by atoms with Gasteiger partial charge in [-0.1, -0.05) is 60.7 Å². The Balaban J connectivity index is 1.76. The summed E-state index contributed by atoms with van der Waals surface area (Å²) in [4.78, 5) is 4.62. The molecule has 1 aliphatic rings. The van der Waals surface area contributed by atoms with Crippen LogP contribution >= 0.6 is 0 Å². The molecule has 1 fully saturated rings. The SMILES string of the molecule is CC(C)/N=C(\NC(C)C)O[C@@H]1CN[C@@H](C(c2ccccc2)c2ccccc2)C1. The first-order valence-corrected chi connectivity index (χ1v) is 10.4. The number of aliphatic imine (C=N–C) groups is 1. The van der Waals surface area contributed by atoms with Crippen molar-refractivity contribution in [1.29, 1.82) is 0 Å². The van der Waals surface area contributed by atoms with Gasteiger partial charge < -0.3 is 15.4 Å². The van der Waals surface area contributed by atoms with Crippen molar-refractivity contribution in [2.75, 3.05) is 6.54 Å². The monoisotopic (exact) mass is 379 g/mol. The average Bonchev–Trinajstić information content (AvgIpc) is 3.10. The van der Waals surface area contributed by atoms with Crippen LogP contribution in [0.4, 0.5) is 0 Å². The smallest absolute Gasteiger partial charge is 0.285 e. The molecule has 150 valence electrons. The van der Waals surface area contributed by atoms with Crippen LogP contribution in [0.5, 0.6) is 0 Å².